The zero-order valence-electron chi connectivity index (χ0n) is 17.2. The van der Waals surface area contributed by atoms with Crippen molar-refractivity contribution >= 4 is 23.4 Å². The van der Waals surface area contributed by atoms with Gasteiger partial charge in [0.1, 0.15) is 0 Å². The standard InChI is InChI=1S/C19H19N5O8/c1-20-15-14(16(25)21(2)19(20)28)32-18(27)17(26)31-13-10-22(7-8-23(13)15)9-11-3-5-12(6-4-11)24(29)30/h3-6,13H,7-10H2,1-2H3. The summed E-state index contributed by atoms with van der Waals surface area (Å²) in [7, 11) is 2.67. The van der Waals surface area contributed by atoms with E-state index in [1.165, 1.54) is 30.8 Å². The average Bonchev–Trinajstić information content (AvgIpc) is 2.76. The van der Waals surface area contributed by atoms with Gasteiger partial charge in [-0.15, -0.1) is 0 Å². The lowest BCUT2D eigenvalue weighted by atomic mass is 10.1. The molecule has 2 aliphatic heterocycles. The second-order valence-corrected chi connectivity index (χ2v) is 7.46. The minimum absolute atomic E-state index is 0.0230. The van der Waals surface area contributed by atoms with E-state index < -0.39 is 40.1 Å². The lowest BCUT2D eigenvalue weighted by molar-refractivity contribution is -0.384. The van der Waals surface area contributed by atoms with Crippen molar-refractivity contribution in [3.8, 4) is 5.75 Å². The van der Waals surface area contributed by atoms with E-state index in [9.17, 15) is 29.3 Å². The summed E-state index contributed by atoms with van der Waals surface area (Å²) < 4.78 is 12.2. The number of esters is 2. The molecule has 1 unspecified atom stereocenters. The van der Waals surface area contributed by atoms with E-state index in [1.807, 2.05) is 4.90 Å². The SMILES string of the molecule is Cn1c2c(c(=O)n(C)c1=O)OC(=O)C(=O)OC1CN(Cc3ccc([N+](=O)[O-])cc3)CCN21. The fourth-order valence-corrected chi connectivity index (χ4v) is 3.79. The zero-order chi connectivity index (χ0) is 23.2. The van der Waals surface area contributed by atoms with Crippen molar-refractivity contribution in [2.24, 2.45) is 14.1 Å². The molecule has 0 spiro atoms. The highest BCUT2D eigenvalue weighted by Crippen LogP contribution is 2.29. The molecule has 1 fully saturated rings. The number of carbonyl (C=O) groups excluding carboxylic acids is 2. The summed E-state index contributed by atoms with van der Waals surface area (Å²) in [5, 5.41) is 10.8. The van der Waals surface area contributed by atoms with Crippen molar-refractivity contribution < 1.29 is 24.0 Å². The number of rotatable bonds is 3. The largest absolute Gasteiger partial charge is 0.432 e. The van der Waals surface area contributed by atoms with Crippen LogP contribution in [0, 0.1) is 10.1 Å². The Labute approximate surface area is 180 Å². The number of fused-ring (bicyclic) bond motifs is 3. The molecule has 3 heterocycles. The Morgan fingerprint density at radius 1 is 1.03 bits per heavy atom. The van der Waals surface area contributed by atoms with Gasteiger partial charge in [-0.25, -0.2) is 14.4 Å². The van der Waals surface area contributed by atoms with Gasteiger partial charge in [0.05, 0.1) is 11.5 Å². The molecule has 4 rings (SSSR count). The molecular formula is C19H19N5O8. The summed E-state index contributed by atoms with van der Waals surface area (Å²) in [5.41, 5.74) is -0.672. The molecular weight excluding hydrogens is 426 g/mol. The van der Waals surface area contributed by atoms with Crippen molar-refractivity contribution in [2.45, 2.75) is 12.8 Å². The maximum Gasteiger partial charge on any atom is 0.423 e. The van der Waals surface area contributed by atoms with Crippen LogP contribution in [0.2, 0.25) is 0 Å². The van der Waals surface area contributed by atoms with Gasteiger partial charge in [0.25, 0.3) is 5.69 Å². The van der Waals surface area contributed by atoms with E-state index in [0.29, 0.717) is 13.1 Å². The topological polar surface area (TPSA) is 146 Å². The lowest BCUT2D eigenvalue weighted by Crippen LogP contribution is -2.58. The summed E-state index contributed by atoms with van der Waals surface area (Å²) in [6.45, 7) is 1.29. The number of anilines is 1. The molecule has 0 bridgehead atoms. The first-order valence-electron chi connectivity index (χ1n) is 9.62. The molecule has 13 heteroatoms. The van der Waals surface area contributed by atoms with E-state index in [1.54, 1.807) is 17.0 Å². The van der Waals surface area contributed by atoms with Crippen molar-refractivity contribution in [1.29, 1.82) is 0 Å². The van der Waals surface area contributed by atoms with Gasteiger partial charge >= 0.3 is 23.2 Å². The number of benzene rings is 1. The summed E-state index contributed by atoms with van der Waals surface area (Å²) in [5.74, 6) is -2.96. The molecule has 168 valence electrons. The third-order valence-electron chi connectivity index (χ3n) is 5.44. The highest BCUT2D eigenvalue weighted by Gasteiger charge is 2.39. The Morgan fingerprint density at radius 3 is 2.38 bits per heavy atom. The number of nitro benzene ring substituents is 1. The molecule has 1 saturated heterocycles. The Balaban J connectivity index is 1.66. The van der Waals surface area contributed by atoms with Crippen LogP contribution in [-0.4, -0.2) is 56.8 Å². The normalized spacial score (nSPS) is 18.7. The Hall–Kier alpha value is -4.00. The molecule has 13 nitrogen and oxygen atoms in total. The minimum atomic E-state index is -1.35. The highest BCUT2D eigenvalue weighted by molar-refractivity contribution is 6.30. The van der Waals surface area contributed by atoms with Crippen LogP contribution >= 0.6 is 0 Å². The van der Waals surface area contributed by atoms with Crippen LogP contribution in [0.4, 0.5) is 11.5 Å². The van der Waals surface area contributed by atoms with Crippen LogP contribution in [0.3, 0.4) is 0 Å². The van der Waals surface area contributed by atoms with E-state index in [0.717, 1.165) is 10.1 Å². The predicted molar refractivity (Wildman–Crippen MR) is 108 cm³/mol. The fraction of sp³-hybridized carbons (Fsp3) is 0.368. The maximum atomic E-state index is 12.6. The van der Waals surface area contributed by atoms with Gasteiger partial charge < -0.3 is 14.4 Å². The molecule has 1 atom stereocenters. The monoisotopic (exact) mass is 445 g/mol. The molecule has 2 aromatic rings. The number of carbonyl (C=O) groups is 2. The number of nitrogens with zero attached hydrogens (tertiary/aromatic N) is 5. The van der Waals surface area contributed by atoms with Gasteiger partial charge in [0.2, 0.25) is 5.75 Å². The molecule has 1 aromatic carbocycles. The number of non-ortho nitro benzene ring substituents is 1. The minimum Gasteiger partial charge on any atom is -0.432 e. The quantitative estimate of drug-likeness (QED) is 0.252. The first kappa shape index (κ1) is 21.2. The van der Waals surface area contributed by atoms with Crippen molar-refractivity contribution in [3.05, 3.63) is 60.8 Å². The molecule has 2 aliphatic rings. The third kappa shape index (κ3) is 3.62. The maximum absolute atomic E-state index is 12.6. The molecule has 0 N–H and O–H groups in total. The zero-order valence-corrected chi connectivity index (χ0v) is 17.2. The second kappa shape index (κ2) is 7.92. The van der Waals surface area contributed by atoms with Gasteiger partial charge in [-0.3, -0.25) is 28.9 Å². The number of hydrogen-bond donors (Lipinski definition) is 0. The molecule has 1 aromatic heterocycles. The summed E-state index contributed by atoms with van der Waals surface area (Å²) in [4.78, 5) is 63.1. The van der Waals surface area contributed by atoms with Crippen molar-refractivity contribution in [3.63, 3.8) is 0 Å². The summed E-state index contributed by atoms with van der Waals surface area (Å²) >= 11 is 0. The summed E-state index contributed by atoms with van der Waals surface area (Å²) in [6, 6.07) is 6.07. The van der Waals surface area contributed by atoms with Crippen LogP contribution in [0.25, 0.3) is 0 Å². The molecule has 32 heavy (non-hydrogen) atoms. The Kier molecular flexibility index (Phi) is 5.26. The Morgan fingerprint density at radius 2 is 1.72 bits per heavy atom. The number of ether oxygens (including phenoxy) is 2. The van der Waals surface area contributed by atoms with Gasteiger partial charge in [-0.1, -0.05) is 12.1 Å². The molecule has 0 aliphatic carbocycles. The average molecular weight is 445 g/mol. The van der Waals surface area contributed by atoms with Crippen molar-refractivity contribution in [2.75, 3.05) is 24.5 Å². The smallest absolute Gasteiger partial charge is 0.423 e. The third-order valence-corrected chi connectivity index (χ3v) is 5.44. The van der Waals surface area contributed by atoms with E-state index in [2.05, 4.69) is 0 Å². The van der Waals surface area contributed by atoms with E-state index in [4.69, 9.17) is 9.47 Å². The number of aromatic nitrogens is 2. The second-order valence-electron chi connectivity index (χ2n) is 7.46. The first-order chi connectivity index (χ1) is 15.2. The molecule has 0 amide bonds. The first-order valence-corrected chi connectivity index (χ1v) is 9.62. The van der Waals surface area contributed by atoms with Crippen molar-refractivity contribution in [1.82, 2.24) is 14.0 Å². The fourth-order valence-electron chi connectivity index (χ4n) is 3.79. The predicted octanol–water partition coefficient (Wildman–Crippen LogP) is -0.897. The van der Waals surface area contributed by atoms with E-state index in [-0.39, 0.29) is 24.6 Å². The van der Waals surface area contributed by atoms with Crippen LogP contribution in [0.5, 0.6) is 5.75 Å². The number of nitro groups is 1. The van der Waals surface area contributed by atoms with Crippen LogP contribution in [0.1, 0.15) is 5.56 Å². The lowest BCUT2D eigenvalue weighted by Gasteiger charge is -2.42. The van der Waals surface area contributed by atoms with Crippen LogP contribution in [-0.2, 0) is 35.0 Å². The molecule has 0 radical (unpaired) electrons. The number of hydrogen-bond acceptors (Lipinski definition) is 10. The van der Waals surface area contributed by atoms with Gasteiger partial charge in [0.15, 0.2) is 12.0 Å². The highest BCUT2D eigenvalue weighted by atomic mass is 16.6. The molecule has 0 saturated carbocycles. The van der Waals surface area contributed by atoms with Gasteiger partial charge in [0, 0.05) is 45.9 Å². The number of piperazine rings is 1. The van der Waals surface area contributed by atoms with Gasteiger partial charge in [-0.2, -0.15) is 0 Å². The van der Waals surface area contributed by atoms with Gasteiger partial charge in [-0.05, 0) is 5.56 Å². The Bertz CT molecular complexity index is 1230. The van der Waals surface area contributed by atoms with Crippen LogP contribution in [0.15, 0.2) is 33.9 Å². The summed E-state index contributed by atoms with van der Waals surface area (Å²) in [6.07, 6.45) is -0.960. The van der Waals surface area contributed by atoms with E-state index >= 15 is 0 Å². The van der Waals surface area contributed by atoms with Crippen LogP contribution < -0.4 is 20.9 Å².